The fourth-order valence-electron chi connectivity index (χ4n) is 2.46. The second-order valence-electron chi connectivity index (χ2n) is 5.74. The van der Waals surface area contributed by atoms with Crippen LogP contribution in [-0.2, 0) is 16.6 Å². The minimum absolute atomic E-state index is 0. The number of rotatable bonds is 7. The van der Waals surface area contributed by atoms with E-state index in [1.807, 2.05) is 6.92 Å². The van der Waals surface area contributed by atoms with Crippen LogP contribution in [-0.4, -0.2) is 39.3 Å². The predicted octanol–water partition coefficient (Wildman–Crippen LogP) is -0.437. The maximum atomic E-state index is 12.7. The summed E-state index contributed by atoms with van der Waals surface area (Å²) in [5.74, 6) is 0.835. The summed E-state index contributed by atoms with van der Waals surface area (Å²) in [6, 6.07) is 3.34. The van der Waals surface area contributed by atoms with Gasteiger partial charge < -0.3 is 24.4 Å². The quantitative estimate of drug-likeness (QED) is 0.481. The molecule has 0 spiro atoms. The standard InChI is InChI=1S/C17H17F2N4O3S.Na/c1-9-6-11-15(22-16(9)26-7-14(18)19)23-17(21-11)27(24)8-12-10(2)13(25-3)4-5-20-12;/h4-6,14H,7-8H2,1-3H3;/q-1;+1. The van der Waals surface area contributed by atoms with Gasteiger partial charge in [-0.1, -0.05) is 0 Å². The van der Waals surface area contributed by atoms with Gasteiger partial charge in [0.15, 0.2) is 0 Å². The van der Waals surface area contributed by atoms with Crippen LogP contribution in [0.15, 0.2) is 23.5 Å². The summed E-state index contributed by atoms with van der Waals surface area (Å²) >= 11 is 0. The number of ether oxygens (including phenoxy) is 2. The smallest absolute Gasteiger partial charge is 0.496 e. The Hall–Kier alpha value is -1.62. The molecule has 7 nitrogen and oxygen atoms in total. The second kappa shape index (κ2) is 9.73. The molecule has 28 heavy (non-hydrogen) atoms. The average Bonchev–Trinajstić information content (AvgIpc) is 3.04. The maximum absolute atomic E-state index is 12.7. The first kappa shape index (κ1) is 22.7. The Bertz CT molecular complexity index is 1000. The fraction of sp³-hybridized carbons (Fsp3) is 0.353. The van der Waals surface area contributed by atoms with Gasteiger partial charge in [0.1, 0.15) is 18.2 Å². The molecule has 11 heteroatoms. The average molecular weight is 418 g/mol. The summed E-state index contributed by atoms with van der Waals surface area (Å²) in [4.78, 5) is 16.7. The molecule has 144 valence electrons. The van der Waals surface area contributed by atoms with Crippen molar-refractivity contribution in [3.05, 3.63) is 35.2 Å². The summed E-state index contributed by atoms with van der Waals surface area (Å²) in [7, 11) is 0.000419. The van der Waals surface area contributed by atoms with Crippen molar-refractivity contribution in [2.24, 2.45) is 0 Å². The van der Waals surface area contributed by atoms with Gasteiger partial charge in [-0.3, -0.25) is 9.19 Å². The van der Waals surface area contributed by atoms with Gasteiger partial charge in [0, 0.05) is 22.9 Å². The molecule has 3 aromatic rings. The second-order valence-corrected chi connectivity index (χ2v) is 7.08. The van der Waals surface area contributed by atoms with Crippen molar-refractivity contribution in [3.63, 3.8) is 0 Å². The Morgan fingerprint density at radius 3 is 2.71 bits per heavy atom. The van der Waals surface area contributed by atoms with Crippen molar-refractivity contribution in [2.75, 3.05) is 13.7 Å². The number of imidazole rings is 1. The van der Waals surface area contributed by atoms with E-state index < -0.39 is 23.8 Å². The van der Waals surface area contributed by atoms with Gasteiger partial charge in [-0.05, 0) is 31.5 Å². The monoisotopic (exact) mass is 418 g/mol. The number of aromatic nitrogens is 4. The summed E-state index contributed by atoms with van der Waals surface area (Å²) in [6.07, 6.45) is -1.02. The summed E-state index contributed by atoms with van der Waals surface area (Å²) < 4.78 is 47.6. The molecule has 0 aromatic carbocycles. The molecule has 0 saturated heterocycles. The minimum atomic E-state index is -2.60. The van der Waals surface area contributed by atoms with Crippen LogP contribution in [0.4, 0.5) is 8.78 Å². The Kier molecular flexibility index (Phi) is 7.87. The van der Waals surface area contributed by atoms with E-state index in [1.165, 1.54) is 0 Å². The predicted molar refractivity (Wildman–Crippen MR) is 94.7 cm³/mol. The van der Waals surface area contributed by atoms with E-state index in [-0.39, 0.29) is 52.0 Å². The van der Waals surface area contributed by atoms with Crippen molar-refractivity contribution >= 4 is 22.0 Å². The number of aryl methyl sites for hydroxylation is 1. The molecule has 3 heterocycles. The van der Waals surface area contributed by atoms with Crippen LogP contribution in [0.1, 0.15) is 16.8 Å². The molecule has 0 fully saturated rings. The van der Waals surface area contributed by atoms with Crippen LogP contribution in [0.3, 0.4) is 0 Å². The molecule has 0 aliphatic heterocycles. The zero-order valence-electron chi connectivity index (χ0n) is 15.9. The van der Waals surface area contributed by atoms with Gasteiger partial charge in [0.25, 0.3) is 6.43 Å². The first-order chi connectivity index (χ1) is 12.9. The molecule has 3 aromatic heterocycles. The molecule has 0 aliphatic rings. The largest absolute Gasteiger partial charge is 1.00 e. The van der Waals surface area contributed by atoms with Crippen molar-refractivity contribution < 1.29 is 52.0 Å². The van der Waals surface area contributed by atoms with Crippen LogP contribution < -0.4 is 44.0 Å². The Labute approximate surface area is 185 Å². The molecule has 0 amide bonds. The minimum Gasteiger partial charge on any atom is -0.496 e. The maximum Gasteiger partial charge on any atom is 1.00 e. The topological polar surface area (TPSA) is 88.3 Å². The summed E-state index contributed by atoms with van der Waals surface area (Å²) in [5.41, 5.74) is 2.58. The van der Waals surface area contributed by atoms with Crippen molar-refractivity contribution in [2.45, 2.75) is 31.2 Å². The normalized spacial score (nSPS) is 12.1. The fourth-order valence-corrected chi connectivity index (χ4v) is 3.52. The zero-order valence-corrected chi connectivity index (χ0v) is 18.7. The summed E-state index contributed by atoms with van der Waals surface area (Å²) in [5, 5.41) is 0.104. The van der Waals surface area contributed by atoms with Crippen LogP contribution in [0.5, 0.6) is 11.6 Å². The molecular formula is C17H17F2N4NaO3S. The van der Waals surface area contributed by atoms with Crippen LogP contribution in [0, 0.1) is 13.8 Å². The van der Waals surface area contributed by atoms with Crippen molar-refractivity contribution in [1.29, 1.82) is 0 Å². The van der Waals surface area contributed by atoms with E-state index in [0.717, 1.165) is 5.56 Å². The number of nitrogens with zero attached hydrogens (tertiary/aromatic N) is 4. The third kappa shape index (κ3) is 5.05. The molecule has 0 bridgehead atoms. The van der Waals surface area contributed by atoms with Gasteiger partial charge in [0.2, 0.25) is 0 Å². The van der Waals surface area contributed by atoms with Crippen LogP contribution >= 0.6 is 0 Å². The number of fused-ring (bicyclic) bond motifs is 1. The Balaban J connectivity index is 0.00000280. The first-order valence-electron chi connectivity index (χ1n) is 7.99. The van der Waals surface area contributed by atoms with E-state index in [0.29, 0.717) is 22.5 Å². The number of halogens is 2. The van der Waals surface area contributed by atoms with E-state index in [1.54, 1.807) is 32.4 Å². The van der Waals surface area contributed by atoms with E-state index in [4.69, 9.17) is 9.47 Å². The molecule has 1 unspecified atom stereocenters. The zero-order chi connectivity index (χ0) is 19.6. The van der Waals surface area contributed by atoms with Crippen LogP contribution in [0.25, 0.3) is 11.2 Å². The number of hydrogen-bond donors (Lipinski definition) is 0. The third-order valence-electron chi connectivity index (χ3n) is 3.84. The van der Waals surface area contributed by atoms with Gasteiger partial charge in [-0.15, -0.1) is 0 Å². The van der Waals surface area contributed by atoms with Gasteiger partial charge >= 0.3 is 29.6 Å². The molecule has 0 N–H and O–H groups in total. The number of alkyl halides is 2. The number of hydrogen-bond acceptors (Lipinski definition) is 6. The van der Waals surface area contributed by atoms with E-state index >= 15 is 0 Å². The number of methoxy groups -OCH3 is 1. The third-order valence-corrected chi connectivity index (χ3v) is 4.97. The summed E-state index contributed by atoms with van der Waals surface area (Å²) in [6.45, 7) is 2.74. The van der Waals surface area contributed by atoms with E-state index in [2.05, 4.69) is 19.9 Å². The molecule has 3 rings (SSSR count). The van der Waals surface area contributed by atoms with Crippen molar-refractivity contribution in [3.8, 4) is 11.6 Å². The Morgan fingerprint density at radius 1 is 1.29 bits per heavy atom. The van der Waals surface area contributed by atoms with Gasteiger partial charge in [-0.2, -0.15) is 0 Å². The first-order valence-corrected chi connectivity index (χ1v) is 9.30. The Morgan fingerprint density at radius 2 is 2.04 bits per heavy atom. The molecule has 0 aliphatic carbocycles. The SMILES string of the molecule is COc1ccnc(CS(=O)c2nc3cc(C)c(OCC(F)F)nc3[n-]2)c1C.[Na+]. The van der Waals surface area contributed by atoms with E-state index in [9.17, 15) is 13.0 Å². The molecule has 1 atom stereocenters. The molecule has 0 saturated carbocycles. The van der Waals surface area contributed by atoms with Gasteiger partial charge in [-0.25, -0.2) is 8.78 Å². The molecule has 0 radical (unpaired) electrons. The van der Waals surface area contributed by atoms with Crippen LogP contribution in [0.2, 0.25) is 0 Å². The van der Waals surface area contributed by atoms with Gasteiger partial charge in [0.05, 0.1) is 34.5 Å². The van der Waals surface area contributed by atoms with Crippen molar-refractivity contribution in [1.82, 2.24) is 19.9 Å². The molecular weight excluding hydrogens is 401 g/mol. The number of pyridine rings is 2.